The molecule has 0 fully saturated rings. The molecule has 2 heteroatoms. The van der Waals surface area contributed by atoms with Crippen molar-refractivity contribution >= 4 is 0 Å². The number of nitrogens with zero attached hydrogens (tertiary/aromatic N) is 2. The minimum atomic E-state index is 1.10. The Kier molecular flexibility index (Phi) is 7.22. The Labute approximate surface area is 154 Å². The van der Waals surface area contributed by atoms with Crippen LogP contribution in [-0.2, 0) is 13.0 Å². The molecule has 0 aromatic heterocycles. The van der Waals surface area contributed by atoms with Gasteiger partial charge in [0.05, 0.1) is 33.7 Å². The fourth-order valence-corrected chi connectivity index (χ4v) is 3.36. The van der Waals surface area contributed by atoms with E-state index in [2.05, 4.69) is 88.6 Å². The highest BCUT2D eigenvalue weighted by atomic mass is 15.4. The standard InChI is InChI=1S/C23H36N2/c1-5-24(3,6-2)19-20-25(4,21-23-15-11-8-12-16-23)18-17-22-13-9-7-10-14-22/h7-16H,5-6,17-21H2,1-4H3/q+2. The molecule has 0 saturated carbocycles. The van der Waals surface area contributed by atoms with Gasteiger partial charge in [0.25, 0.3) is 0 Å². The predicted octanol–water partition coefficient (Wildman–Crippen LogP) is 4.36. The topological polar surface area (TPSA) is 0 Å². The molecule has 1 unspecified atom stereocenters. The van der Waals surface area contributed by atoms with Crippen molar-refractivity contribution in [3.8, 4) is 0 Å². The molecule has 1 atom stereocenters. The summed E-state index contributed by atoms with van der Waals surface area (Å²) in [5.74, 6) is 0. The number of likely N-dealkylation sites (N-methyl/N-ethyl adjacent to an activating group) is 2. The normalized spacial score (nSPS) is 14.2. The molecule has 0 aliphatic carbocycles. The highest BCUT2D eigenvalue weighted by Gasteiger charge is 2.27. The van der Waals surface area contributed by atoms with E-state index < -0.39 is 0 Å². The van der Waals surface area contributed by atoms with E-state index in [0.717, 1.165) is 21.9 Å². The van der Waals surface area contributed by atoms with Crippen LogP contribution < -0.4 is 0 Å². The first-order valence-electron chi connectivity index (χ1n) is 9.73. The molecular weight excluding hydrogens is 304 g/mol. The average molecular weight is 341 g/mol. The van der Waals surface area contributed by atoms with Crippen molar-refractivity contribution in [2.45, 2.75) is 26.8 Å². The lowest BCUT2D eigenvalue weighted by Gasteiger charge is -2.39. The van der Waals surface area contributed by atoms with E-state index >= 15 is 0 Å². The Balaban J connectivity index is 2.09. The first-order chi connectivity index (χ1) is 12.0. The van der Waals surface area contributed by atoms with E-state index in [0.29, 0.717) is 0 Å². The molecule has 0 N–H and O–H groups in total. The summed E-state index contributed by atoms with van der Waals surface area (Å²) in [5, 5.41) is 0. The van der Waals surface area contributed by atoms with Crippen LogP contribution in [0.1, 0.15) is 25.0 Å². The Morgan fingerprint density at radius 3 is 1.60 bits per heavy atom. The van der Waals surface area contributed by atoms with Crippen molar-refractivity contribution in [3.05, 3.63) is 71.8 Å². The minimum absolute atomic E-state index is 1.10. The molecule has 2 rings (SSSR count). The largest absolute Gasteiger partial charge is 0.322 e. The second-order valence-corrected chi connectivity index (χ2v) is 7.92. The Bertz CT molecular complexity index is 605. The van der Waals surface area contributed by atoms with Gasteiger partial charge < -0.3 is 8.97 Å². The molecule has 0 aliphatic heterocycles. The summed E-state index contributed by atoms with van der Waals surface area (Å²) in [5.41, 5.74) is 2.89. The van der Waals surface area contributed by atoms with E-state index in [1.165, 1.54) is 43.9 Å². The van der Waals surface area contributed by atoms with Crippen LogP contribution >= 0.6 is 0 Å². The van der Waals surface area contributed by atoms with Crippen LogP contribution in [0.15, 0.2) is 60.7 Å². The lowest BCUT2D eigenvalue weighted by atomic mass is 10.1. The van der Waals surface area contributed by atoms with Crippen LogP contribution in [0.5, 0.6) is 0 Å². The zero-order valence-electron chi connectivity index (χ0n) is 16.6. The van der Waals surface area contributed by atoms with Gasteiger partial charge in [0.2, 0.25) is 0 Å². The predicted molar refractivity (Wildman–Crippen MR) is 108 cm³/mol. The molecule has 0 amide bonds. The SMILES string of the molecule is CC[N+](C)(CC)CC[N+](C)(CCc1ccccc1)Cc1ccccc1. The summed E-state index contributed by atoms with van der Waals surface area (Å²) in [7, 11) is 4.83. The summed E-state index contributed by atoms with van der Waals surface area (Å²) in [6.07, 6.45) is 1.14. The van der Waals surface area contributed by atoms with Crippen LogP contribution in [0.2, 0.25) is 0 Å². The van der Waals surface area contributed by atoms with Gasteiger partial charge in [0.15, 0.2) is 0 Å². The first-order valence-corrected chi connectivity index (χ1v) is 9.73. The zero-order chi connectivity index (χ0) is 18.2. The Hall–Kier alpha value is -1.64. The Morgan fingerprint density at radius 1 is 0.600 bits per heavy atom. The van der Waals surface area contributed by atoms with Gasteiger partial charge in [-0.05, 0) is 19.4 Å². The van der Waals surface area contributed by atoms with E-state index in [1.807, 2.05) is 0 Å². The number of quaternary nitrogens is 2. The fraction of sp³-hybridized carbons (Fsp3) is 0.478. The fourth-order valence-electron chi connectivity index (χ4n) is 3.36. The van der Waals surface area contributed by atoms with Gasteiger partial charge >= 0.3 is 0 Å². The Morgan fingerprint density at radius 2 is 1.08 bits per heavy atom. The van der Waals surface area contributed by atoms with Crippen LogP contribution in [-0.4, -0.2) is 55.8 Å². The third-order valence-corrected chi connectivity index (χ3v) is 5.90. The maximum absolute atomic E-state index is 2.44. The number of benzene rings is 2. The first kappa shape index (κ1) is 19.7. The third kappa shape index (κ3) is 6.30. The molecule has 0 saturated heterocycles. The van der Waals surface area contributed by atoms with Crippen LogP contribution in [0.25, 0.3) is 0 Å². The second-order valence-electron chi connectivity index (χ2n) is 7.92. The highest BCUT2D eigenvalue weighted by Crippen LogP contribution is 2.16. The number of hydrogen-bond donors (Lipinski definition) is 0. The molecule has 0 heterocycles. The molecule has 2 aromatic carbocycles. The molecule has 2 aromatic rings. The van der Waals surface area contributed by atoms with Gasteiger partial charge in [0.1, 0.15) is 19.6 Å². The highest BCUT2D eigenvalue weighted by molar-refractivity contribution is 5.15. The molecule has 0 aliphatic rings. The molecule has 136 valence electrons. The summed E-state index contributed by atoms with van der Waals surface area (Å²) >= 11 is 0. The average Bonchev–Trinajstić information content (AvgIpc) is 2.66. The second kappa shape index (κ2) is 9.17. The van der Waals surface area contributed by atoms with Crippen molar-refractivity contribution in [2.24, 2.45) is 0 Å². The maximum atomic E-state index is 2.44. The molecule has 2 nitrogen and oxygen atoms in total. The summed E-state index contributed by atoms with van der Waals surface area (Å²) < 4.78 is 2.26. The molecule has 0 radical (unpaired) electrons. The van der Waals surface area contributed by atoms with Gasteiger partial charge in [-0.25, -0.2) is 0 Å². The van der Waals surface area contributed by atoms with Crippen LogP contribution in [0.4, 0.5) is 0 Å². The van der Waals surface area contributed by atoms with Crippen molar-refractivity contribution in [2.75, 3.05) is 46.8 Å². The monoisotopic (exact) mass is 340 g/mol. The van der Waals surface area contributed by atoms with E-state index in [9.17, 15) is 0 Å². The van der Waals surface area contributed by atoms with Crippen LogP contribution in [0.3, 0.4) is 0 Å². The quantitative estimate of drug-likeness (QED) is 0.564. The molecule has 25 heavy (non-hydrogen) atoms. The number of rotatable bonds is 10. The van der Waals surface area contributed by atoms with E-state index in [4.69, 9.17) is 0 Å². The molecular formula is C23H36N2+2. The maximum Gasteiger partial charge on any atom is 0.129 e. The van der Waals surface area contributed by atoms with Gasteiger partial charge in [-0.2, -0.15) is 0 Å². The number of hydrogen-bond acceptors (Lipinski definition) is 0. The third-order valence-electron chi connectivity index (χ3n) is 5.90. The van der Waals surface area contributed by atoms with Crippen molar-refractivity contribution in [3.63, 3.8) is 0 Å². The molecule has 0 bridgehead atoms. The summed E-state index contributed by atoms with van der Waals surface area (Å²) in [4.78, 5) is 0. The van der Waals surface area contributed by atoms with E-state index in [-0.39, 0.29) is 0 Å². The lowest BCUT2D eigenvalue weighted by molar-refractivity contribution is -0.969. The molecule has 0 spiro atoms. The minimum Gasteiger partial charge on any atom is -0.322 e. The van der Waals surface area contributed by atoms with Gasteiger partial charge in [-0.15, -0.1) is 0 Å². The van der Waals surface area contributed by atoms with Crippen LogP contribution in [0, 0.1) is 0 Å². The van der Waals surface area contributed by atoms with Gasteiger partial charge in [-0.1, -0.05) is 60.7 Å². The lowest BCUT2D eigenvalue weighted by Crippen LogP contribution is -2.54. The van der Waals surface area contributed by atoms with Crippen molar-refractivity contribution in [1.29, 1.82) is 0 Å². The summed E-state index contributed by atoms with van der Waals surface area (Å²) in [6.45, 7) is 11.8. The smallest absolute Gasteiger partial charge is 0.129 e. The van der Waals surface area contributed by atoms with E-state index in [1.54, 1.807) is 0 Å². The van der Waals surface area contributed by atoms with Gasteiger partial charge in [-0.3, -0.25) is 0 Å². The van der Waals surface area contributed by atoms with Gasteiger partial charge in [0, 0.05) is 12.0 Å². The summed E-state index contributed by atoms with van der Waals surface area (Å²) in [6, 6.07) is 21.9. The zero-order valence-corrected chi connectivity index (χ0v) is 16.6. The van der Waals surface area contributed by atoms with Crippen molar-refractivity contribution < 1.29 is 8.97 Å². The van der Waals surface area contributed by atoms with Crippen molar-refractivity contribution in [1.82, 2.24) is 0 Å².